The second-order valence-electron chi connectivity index (χ2n) is 8.09. The highest BCUT2D eigenvalue weighted by Crippen LogP contribution is 2.44. The minimum absolute atomic E-state index is 0.0349. The number of benzene rings is 2. The van der Waals surface area contributed by atoms with Gasteiger partial charge < -0.3 is 25.2 Å². The molecule has 0 fully saturated rings. The summed E-state index contributed by atoms with van der Waals surface area (Å²) in [7, 11) is 1.53. The molecule has 0 aliphatic heterocycles. The van der Waals surface area contributed by atoms with Crippen LogP contribution in [0.4, 0.5) is 4.79 Å². The Morgan fingerprint density at radius 3 is 2.26 bits per heavy atom. The largest absolute Gasteiger partial charge is 0.480 e. The van der Waals surface area contributed by atoms with Crippen LogP contribution in [-0.4, -0.2) is 56.0 Å². The quantitative estimate of drug-likeness (QED) is 0.345. The van der Waals surface area contributed by atoms with Crippen LogP contribution in [0.3, 0.4) is 0 Å². The number of ether oxygens (including phenoxy) is 2. The number of fused-ring (bicyclic) bond motifs is 3. The van der Waals surface area contributed by atoms with E-state index in [-0.39, 0.29) is 25.5 Å². The average molecular weight is 467 g/mol. The zero-order valence-electron chi connectivity index (χ0n) is 19.4. The van der Waals surface area contributed by atoms with Gasteiger partial charge in [-0.05, 0) is 42.0 Å². The van der Waals surface area contributed by atoms with Crippen molar-refractivity contribution in [2.45, 2.75) is 31.7 Å². The number of carbonyl (C=O) groups is 3. The summed E-state index contributed by atoms with van der Waals surface area (Å²) in [4.78, 5) is 35.9. The number of rotatable bonds is 11. The maximum Gasteiger partial charge on any atom is 0.407 e. The molecule has 0 heterocycles. The molecule has 2 aromatic carbocycles. The molecule has 0 bridgehead atoms. The number of carbonyl (C=O) groups excluding carboxylic acids is 2. The van der Waals surface area contributed by atoms with Gasteiger partial charge in [0.15, 0.2) is 0 Å². The van der Waals surface area contributed by atoms with E-state index >= 15 is 0 Å². The van der Waals surface area contributed by atoms with E-state index in [2.05, 4.69) is 22.8 Å². The summed E-state index contributed by atoms with van der Waals surface area (Å²) in [5.41, 5.74) is 4.86. The van der Waals surface area contributed by atoms with E-state index in [4.69, 9.17) is 9.47 Å². The van der Waals surface area contributed by atoms with E-state index in [1.54, 1.807) is 6.92 Å². The molecule has 1 aliphatic carbocycles. The summed E-state index contributed by atoms with van der Waals surface area (Å²) < 4.78 is 10.4. The van der Waals surface area contributed by atoms with Crippen LogP contribution in [-0.2, 0) is 19.1 Å². The standard InChI is InChI=1S/C26H30N2O6/c1-17(24(29)28-23(25(30)31)12-7-15-33-2)13-14-27-26(32)34-16-22-20-10-5-3-8-18(20)19-9-4-6-11-21(19)22/h3-6,8-11,13,22-23H,7,12,14-16H2,1-2H3,(H,27,32)(H,28,29)(H,30,31)/b17-13+. The maximum absolute atomic E-state index is 12.3. The van der Waals surface area contributed by atoms with Crippen molar-refractivity contribution in [1.82, 2.24) is 10.6 Å². The summed E-state index contributed by atoms with van der Waals surface area (Å²) in [6.07, 6.45) is 1.71. The number of hydrogen-bond acceptors (Lipinski definition) is 5. The number of methoxy groups -OCH3 is 1. The third kappa shape index (κ3) is 6.23. The molecule has 0 aromatic heterocycles. The van der Waals surface area contributed by atoms with Gasteiger partial charge in [0, 0.05) is 31.8 Å². The lowest BCUT2D eigenvalue weighted by molar-refractivity contribution is -0.141. The van der Waals surface area contributed by atoms with Gasteiger partial charge >= 0.3 is 12.1 Å². The molecule has 0 radical (unpaired) electrons. The Balaban J connectivity index is 1.49. The highest BCUT2D eigenvalue weighted by atomic mass is 16.5. The molecule has 1 unspecified atom stereocenters. The number of alkyl carbamates (subject to hydrolysis) is 1. The summed E-state index contributed by atoms with van der Waals surface area (Å²) >= 11 is 0. The van der Waals surface area contributed by atoms with Crippen molar-refractivity contribution in [3.05, 3.63) is 71.3 Å². The fraction of sp³-hybridized carbons (Fsp3) is 0.346. The summed E-state index contributed by atoms with van der Waals surface area (Å²) in [6.45, 7) is 2.25. The van der Waals surface area contributed by atoms with Gasteiger partial charge in [0.05, 0.1) is 0 Å². The molecule has 34 heavy (non-hydrogen) atoms. The molecule has 1 atom stereocenters. The smallest absolute Gasteiger partial charge is 0.407 e. The molecule has 3 rings (SSSR count). The summed E-state index contributed by atoms with van der Waals surface area (Å²) in [5.74, 6) is -1.64. The van der Waals surface area contributed by atoms with E-state index in [0.717, 1.165) is 22.3 Å². The van der Waals surface area contributed by atoms with Gasteiger partial charge in [-0.25, -0.2) is 9.59 Å². The van der Waals surface area contributed by atoms with Crippen molar-refractivity contribution in [3.63, 3.8) is 0 Å². The van der Waals surface area contributed by atoms with Gasteiger partial charge in [-0.15, -0.1) is 0 Å². The highest BCUT2D eigenvalue weighted by Gasteiger charge is 2.29. The lowest BCUT2D eigenvalue weighted by atomic mass is 9.98. The number of carboxylic acid groups (broad SMARTS) is 1. The lowest BCUT2D eigenvalue weighted by Crippen LogP contribution is -2.41. The molecule has 1 aliphatic rings. The summed E-state index contributed by atoms with van der Waals surface area (Å²) in [5, 5.41) is 14.4. The van der Waals surface area contributed by atoms with E-state index in [1.807, 2.05) is 36.4 Å². The number of hydrogen-bond donors (Lipinski definition) is 3. The fourth-order valence-electron chi connectivity index (χ4n) is 3.99. The lowest BCUT2D eigenvalue weighted by Gasteiger charge is -2.15. The minimum atomic E-state index is -1.10. The van der Waals surface area contributed by atoms with Crippen LogP contribution in [0.25, 0.3) is 11.1 Å². The van der Waals surface area contributed by atoms with Crippen LogP contribution in [0.2, 0.25) is 0 Å². The Morgan fingerprint density at radius 1 is 1.06 bits per heavy atom. The van der Waals surface area contributed by atoms with E-state index in [1.165, 1.54) is 13.2 Å². The molecular weight excluding hydrogens is 436 g/mol. The average Bonchev–Trinajstić information content (AvgIpc) is 3.15. The Bertz CT molecular complexity index is 1020. The van der Waals surface area contributed by atoms with E-state index < -0.39 is 24.0 Å². The molecule has 3 N–H and O–H groups in total. The predicted molar refractivity (Wildman–Crippen MR) is 128 cm³/mol. The molecule has 0 saturated carbocycles. The van der Waals surface area contributed by atoms with Crippen LogP contribution in [0, 0.1) is 0 Å². The molecule has 8 nitrogen and oxygen atoms in total. The number of nitrogens with one attached hydrogen (secondary N) is 2. The first-order valence-corrected chi connectivity index (χ1v) is 11.2. The Labute approximate surface area is 199 Å². The highest BCUT2D eigenvalue weighted by molar-refractivity contribution is 5.95. The van der Waals surface area contributed by atoms with Gasteiger partial charge in [0.1, 0.15) is 12.6 Å². The molecule has 180 valence electrons. The van der Waals surface area contributed by atoms with Crippen molar-refractivity contribution in [3.8, 4) is 11.1 Å². The van der Waals surface area contributed by atoms with Crippen molar-refractivity contribution in [2.75, 3.05) is 26.9 Å². The van der Waals surface area contributed by atoms with Gasteiger partial charge in [-0.2, -0.15) is 0 Å². The van der Waals surface area contributed by atoms with Crippen LogP contribution >= 0.6 is 0 Å². The Morgan fingerprint density at radius 2 is 1.68 bits per heavy atom. The predicted octanol–water partition coefficient (Wildman–Crippen LogP) is 3.47. The fourth-order valence-corrected chi connectivity index (χ4v) is 3.99. The maximum atomic E-state index is 12.3. The van der Waals surface area contributed by atoms with E-state index in [0.29, 0.717) is 18.6 Å². The molecule has 2 amide bonds. The Kier molecular flexibility index (Phi) is 8.81. The van der Waals surface area contributed by atoms with Crippen molar-refractivity contribution in [2.24, 2.45) is 0 Å². The second-order valence-corrected chi connectivity index (χ2v) is 8.09. The molecule has 0 saturated heterocycles. The first-order valence-electron chi connectivity index (χ1n) is 11.2. The monoisotopic (exact) mass is 466 g/mol. The topological polar surface area (TPSA) is 114 Å². The molecule has 8 heteroatoms. The third-order valence-corrected chi connectivity index (χ3v) is 5.80. The van der Waals surface area contributed by atoms with Crippen molar-refractivity contribution < 1.29 is 29.0 Å². The van der Waals surface area contributed by atoms with Crippen LogP contribution < -0.4 is 10.6 Å². The van der Waals surface area contributed by atoms with Gasteiger partial charge in [0.2, 0.25) is 5.91 Å². The number of aliphatic carboxylic acids is 1. The zero-order chi connectivity index (χ0) is 24.5. The zero-order valence-corrected chi connectivity index (χ0v) is 19.4. The minimum Gasteiger partial charge on any atom is -0.480 e. The molecule has 0 spiro atoms. The van der Waals surface area contributed by atoms with E-state index in [9.17, 15) is 19.5 Å². The third-order valence-electron chi connectivity index (χ3n) is 5.80. The SMILES string of the molecule is COCCCC(NC(=O)/C(C)=C/CNC(=O)OCC1c2ccccc2-c2ccccc21)C(=O)O. The first kappa shape index (κ1) is 25.0. The van der Waals surface area contributed by atoms with Crippen LogP contribution in [0.15, 0.2) is 60.2 Å². The van der Waals surface area contributed by atoms with Crippen molar-refractivity contribution >= 4 is 18.0 Å². The first-order chi connectivity index (χ1) is 16.4. The summed E-state index contributed by atoms with van der Waals surface area (Å²) in [6, 6.07) is 15.2. The van der Waals surface area contributed by atoms with Gasteiger partial charge in [-0.3, -0.25) is 4.79 Å². The second kappa shape index (κ2) is 12.0. The Hall–Kier alpha value is -3.65. The van der Waals surface area contributed by atoms with Gasteiger partial charge in [-0.1, -0.05) is 54.6 Å². The van der Waals surface area contributed by atoms with Crippen molar-refractivity contribution in [1.29, 1.82) is 0 Å². The molecular formula is C26H30N2O6. The van der Waals surface area contributed by atoms with Crippen LogP contribution in [0.5, 0.6) is 0 Å². The number of amides is 2. The van der Waals surface area contributed by atoms with Crippen LogP contribution in [0.1, 0.15) is 36.8 Å². The molecule has 2 aromatic rings. The normalized spacial score (nSPS) is 13.5. The number of carboxylic acids is 1. The van der Waals surface area contributed by atoms with Gasteiger partial charge in [0.25, 0.3) is 0 Å².